The molecule has 110 valence electrons. The number of nitrogens with zero attached hydrogens (tertiary/aromatic N) is 2. The number of carbonyl (C=O) groups is 3. The maximum atomic E-state index is 12.1. The zero-order valence-electron chi connectivity index (χ0n) is 11.2. The first-order chi connectivity index (χ1) is 9.91. The van der Waals surface area contributed by atoms with E-state index < -0.39 is 22.7 Å². The topological polar surface area (TPSA) is 107 Å². The number of nitro groups is 1. The van der Waals surface area contributed by atoms with Gasteiger partial charge in [0, 0.05) is 25.6 Å². The zero-order chi connectivity index (χ0) is 15.6. The molecule has 1 aromatic carbocycles. The summed E-state index contributed by atoms with van der Waals surface area (Å²) < 4.78 is 4.72. The van der Waals surface area contributed by atoms with Gasteiger partial charge in [-0.1, -0.05) is 0 Å². The third-order valence-corrected chi connectivity index (χ3v) is 3.00. The van der Waals surface area contributed by atoms with Gasteiger partial charge in [-0.15, -0.1) is 0 Å². The van der Waals surface area contributed by atoms with Crippen molar-refractivity contribution < 1.29 is 24.0 Å². The Morgan fingerprint density at radius 1 is 1.29 bits per heavy atom. The Balaban J connectivity index is 2.11. The first-order valence-corrected chi connectivity index (χ1v) is 6.20. The molecule has 0 spiro atoms. The number of imide groups is 1. The summed E-state index contributed by atoms with van der Waals surface area (Å²) in [5.41, 5.74) is -0.0589. The van der Waals surface area contributed by atoms with Crippen LogP contribution in [0.3, 0.4) is 0 Å². The third-order valence-electron chi connectivity index (χ3n) is 3.00. The molecule has 8 nitrogen and oxygen atoms in total. The number of non-ortho nitro benzene ring substituents is 1. The number of carbonyl (C=O) groups excluding carboxylic acids is 3. The predicted octanol–water partition coefficient (Wildman–Crippen LogP) is 1.14. The summed E-state index contributed by atoms with van der Waals surface area (Å²) in [6.07, 6.45) is 0.313. The van der Waals surface area contributed by atoms with Gasteiger partial charge >= 0.3 is 5.97 Å². The number of esters is 1. The molecule has 1 aromatic rings. The fourth-order valence-electron chi connectivity index (χ4n) is 2.03. The highest BCUT2D eigenvalue weighted by Gasteiger charge is 2.36. The molecule has 2 rings (SSSR count). The second kappa shape index (κ2) is 5.70. The number of benzene rings is 1. The zero-order valence-corrected chi connectivity index (χ0v) is 11.2. The molecule has 1 heterocycles. The number of amides is 2. The van der Waals surface area contributed by atoms with Crippen LogP contribution in [0.25, 0.3) is 0 Å². The van der Waals surface area contributed by atoms with Crippen LogP contribution in [-0.4, -0.2) is 40.8 Å². The van der Waals surface area contributed by atoms with Crippen LogP contribution in [0.2, 0.25) is 0 Å². The van der Waals surface area contributed by atoms with Gasteiger partial charge in [-0.05, 0) is 12.5 Å². The van der Waals surface area contributed by atoms with Crippen LogP contribution >= 0.6 is 0 Å². The Bertz CT molecular complexity index is 640. The van der Waals surface area contributed by atoms with Crippen LogP contribution in [0, 0.1) is 10.1 Å². The molecule has 0 bridgehead atoms. The van der Waals surface area contributed by atoms with Crippen LogP contribution in [0.5, 0.6) is 0 Å². The van der Waals surface area contributed by atoms with E-state index in [9.17, 15) is 24.5 Å². The molecule has 0 saturated carbocycles. The van der Waals surface area contributed by atoms with Crippen molar-refractivity contribution in [3.63, 3.8) is 0 Å². The lowest BCUT2D eigenvalue weighted by molar-refractivity contribution is -0.384. The van der Waals surface area contributed by atoms with Crippen molar-refractivity contribution in [2.24, 2.45) is 0 Å². The Labute approximate surface area is 119 Å². The second-order valence-electron chi connectivity index (χ2n) is 4.44. The van der Waals surface area contributed by atoms with Crippen LogP contribution in [0.4, 0.5) is 5.69 Å². The van der Waals surface area contributed by atoms with Gasteiger partial charge in [0.25, 0.3) is 17.5 Å². The van der Waals surface area contributed by atoms with E-state index >= 15 is 0 Å². The summed E-state index contributed by atoms with van der Waals surface area (Å²) in [6, 6.07) is 3.56. The van der Waals surface area contributed by atoms with Gasteiger partial charge in [0.05, 0.1) is 22.7 Å². The Morgan fingerprint density at radius 3 is 2.57 bits per heavy atom. The summed E-state index contributed by atoms with van der Waals surface area (Å²) >= 11 is 0. The van der Waals surface area contributed by atoms with Gasteiger partial charge in [-0.2, -0.15) is 0 Å². The number of rotatable bonds is 5. The van der Waals surface area contributed by atoms with Crippen LogP contribution < -0.4 is 0 Å². The van der Waals surface area contributed by atoms with E-state index in [4.69, 9.17) is 4.74 Å². The average molecular weight is 292 g/mol. The molecular formula is C13H12N2O6. The Morgan fingerprint density at radius 2 is 1.95 bits per heavy atom. The molecule has 0 radical (unpaired) electrons. The second-order valence-corrected chi connectivity index (χ2v) is 4.44. The summed E-state index contributed by atoms with van der Waals surface area (Å²) in [7, 11) is 0. The van der Waals surface area contributed by atoms with E-state index in [1.54, 1.807) is 0 Å². The van der Waals surface area contributed by atoms with Gasteiger partial charge in [-0.25, -0.2) is 0 Å². The molecule has 2 amide bonds. The minimum Gasteiger partial charge on any atom is -0.466 e. The number of ether oxygens (including phenoxy) is 1. The molecule has 0 aromatic heterocycles. The molecule has 0 aliphatic carbocycles. The lowest BCUT2D eigenvalue weighted by atomic mass is 10.1. The number of nitro benzene ring substituents is 1. The van der Waals surface area contributed by atoms with Crippen molar-refractivity contribution in [2.45, 2.75) is 13.3 Å². The highest BCUT2D eigenvalue weighted by atomic mass is 16.6. The molecule has 0 N–H and O–H groups in total. The van der Waals surface area contributed by atoms with Crippen molar-refractivity contribution in [3.05, 3.63) is 39.4 Å². The van der Waals surface area contributed by atoms with E-state index in [0.717, 1.165) is 11.0 Å². The van der Waals surface area contributed by atoms with Crippen molar-refractivity contribution in [2.75, 3.05) is 13.2 Å². The lowest BCUT2D eigenvalue weighted by Crippen LogP contribution is -2.31. The van der Waals surface area contributed by atoms with Crippen molar-refractivity contribution in [3.8, 4) is 0 Å². The summed E-state index contributed by atoms with van der Waals surface area (Å²) in [4.78, 5) is 45.8. The predicted molar refractivity (Wildman–Crippen MR) is 69.7 cm³/mol. The van der Waals surface area contributed by atoms with Crippen LogP contribution in [0.1, 0.15) is 34.1 Å². The highest BCUT2D eigenvalue weighted by Crippen LogP contribution is 2.26. The molecule has 0 unspecified atom stereocenters. The van der Waals surface area contributed by atoms with Crippen molar-refractivity contribution in [1.29, 1.82) is 0 Å². The minimum atomic E-state index is -0.624. The van der Waals surface area contributed by atoms with Crippen molar-refractivity contribution >= 4 is 23.5 Å². The quantitative estimate of drug-likeness (QED) is 0.265. The maximum absolute atomic E-state index is 12.1. The normalized spacial score (nSPS) is 13.3. The van der Waals surface area contributed by atoms with Gasteiger partial charge in [0.1, 0.15) is 0 Å². The lowest BCUT2D eigenvalue weighted by Gasteiger charge is -2.13. The molecule has 8 heteroatoms. The van der Waals surface area contributed by atoms with Gasteiger partial charge in [-0.3, -0.25) is 29.4 Å². The summed E-state index contributed by atoms with van der Waals surface area (Å²) in [5, 5.41) is 10.7. The number of fused-ring (bicyclic) bond motifs is 1. The standard InChI is InChI=1S/C13H12N2O6/c1-8(16)21-6-2-5-14-12(17)10-4-3-9(15(19)20)7-11(10)13(14)18/h3-4,7H,2,5-6H2,1H3. The fraction of sp³-hybridized carbons (Fsp3) is 0.308. The van der Waals surface area contributed by atoms with Gasteiger partial charge in [0.15, 0.2) is 0 Å². The van der Waals surface area contributed by atoms with E-state index in [-0.39, 0.29) is 30.0 Å². The monoisotopic (exact) mass is 292 g/mol. The highest BCUT2D eigenvalue weighted by molar-refractivity contribution is 6.21. The molecule has 0 atom stereocenters. The Hall–Kier alpha value is -2.77. The maximum Gasteiger partial charge on any atom is 0.302 e. The summed E-state index contributed by atoms with van der Waals surface area (Å²) in [5.74, 6) is -1.50. The third kappa shape index (κ3) is 2.88. The first-order valence-electron chi connectivity index (χ1n) is 6.20. The van der Waals surface area contributed by atoms with Crippen LogP contribution in [-0.2, 0) is 9.53 Å². The summed E-state index contributed by atoms with van der Waals surface area (Å²) in [6.45, 7) is 1.46. The fourth-order valence-corrected chi connectivity index (χ4v) is 2.03. The van der Waals surface area contributed by atoms with Crippen LogP contribution in [0.15, 0.2) is 18.2 Å². The number of hydrogen-bond donors (Lipinski definition) is 0. The molecule has 0 fully saturated rings. The number of hydrogen-bond acceptors (Lipinski definition) is 6. The molecule has 0 saturated heterocycles. The van der Waals surface area contributed by atoms with Gasteiger partial charge in [0.2, 0.25) is 0 Å². The molecular weight excluding hydrogens is 280 g/mol. The minimum absolute atomic E-state index is 0.0293. The molecule has 21 heavy (non-hydrogen) atoms. The smallest absolute Gasteiger partial charge is 0.302 e. The van der Waals surface area contributed by atoms with Crippen molar-refractivity contribution in [1.82, 2.24) is 4.90 Å². The van der Waals surface area contributed by atoms with Gasteiger partial charge < -0.3 is 4.74 Å². The Kier molecular flexibility index (Phi) is 3.97. The molecule has 1 aliphatic heterocycles. The molecule has 1 aliphatic rings. The SMILES string of the molecule is CC(=O)OCCCN1C(=O)c2ccc([N+](=O)[O-])cc2C1=O. The van der Waals surface area contributed by atoms with E-state index in [1.165, 1.54) is 19.1 Å². The van der Waals surface area contributed by atoms with E-state index in [0.29, 0.717) is 6.42 Å². The largest absolute Gasteiger partial charge is 0.466 e. The van der Waals surface area contributed by atoms with E-state index in [1.807, 2.05) is 0 Å². The van der Waals surface area contributed by atoms with E-state index in [2.05, 4.69) is 0 Å². The first kappa shape index (κ1) is 14.6. The average Bonchev–Trinajstić information content (AvgIpc) is 2.67.